The van der Waals surface area contributed by atoms with Crippen molar-refractivity contribution in [3.63, 3.8) is 0 Å². The number of allylic oxidation sites excluding steroid dienone is 4. The van der Waals surface area contributed by atoms with E-state index >= 15 is 0 Å². The van der Waals surface area contributed by atoms with Gasteiger partial charge in [-0.15, -0.1) is 0 Å². The Kier molecular flexibility index (Phi) is 12.0. The SMILES string of the molecule is CC/C=C1/C=CC(C(c2ccccc2)c2ccccc2)=CN1C/C=C/c1cccc(C2CCC2)c1.CCOC(=O)CC. The van der Waals surface area contributed by atoms with E-state index < -0.39 is 0 Å². The van der Waals surface area contributed by atoms with Crippen molar-refractivity contribution in [2.45, 2.75) is 64.7 Å². The van der Waals surface area contributed by atoms with Gasteiger partial charge in [-0.05, 0) is 66.0 Å². The van der Waals surface area contributed by atoms with Crippen molar-refractivity contribution in [3.8, 4) is 0 Å². The van der Waals surface area contributed by atoms with Crippen LogP contribution >= 0.6 is 0 Å². The molecule has 0 aromatic heterocycles. The summed E-state index contributed by atoms with van der Waals surface area (Å²) in [6.45, 7) is 7.12. The van der Waals surface area contributed by atoms with Crippen LogP contribution in [-0.4, -0.2) is 24.0 Å². The summed E-state index contributed by atoms with van der Waals surface area (Å²) in [4.78, 5) is 12.6. The summed E-state index contributed by atoms with van der Waals surface area (Å²) < 4.78 is 4.55. The maximum absolute atomic E-state index is 10.2. The molecule has 0 atom stereocenters. The maximum Gasteiger partial charge on any atom is 0.305 e. The standard InChI is InChI=1S/C34H35N.C5H10O2/c1-2-12-33-23-22-32(34(29-15-5-3-6-16-29)30-17-7-4-8-18-30)26-35(33)24-11-14-27-13-9-21-31(25-27)28-19-10-20-28;1-3-5(6)7-4-2/h3-9,11-18,21-23,25-26,28,34H,2,10,19-20,24H2,1H3;3-4H2,1-2H3/b14-11+,33-12-;. The first-order valence-electron chi connectivity index (χ1n) is 15.5. The zero-order valence-electron chi connectivity index (χ0n) is 25.4. The molecule has 0 amide bonds. The summed E-state index contributed by atoms with van der Waals surface area (Å²) in [7, 11) is 0. The van der Waals surface area contributed by atoms with E-state index in [0.29, 0.717) is 13.0 Å². The highest BCUT2D eigenvalue weighted by Crippen LogP contribution is 2.37. The number of rotatable bonds is 10. The van der Waals surface area contributed by atoms with Gasteiger partial charge >= 0.3 is 5.97 Å². The minimum Gasteiger partial charge on any atom is -0.466 e. The van der Waals surface area contributed by atoms with Crippen molar-refractivity contribution < 1.29 is 9.53 Å². The third-order valence-corrected chi connectivity index (χ3v) is 7.79. The molecular formula is C39H45NO2. The molecule has 3 nitrogen and oxygen atoms in total. The van der Waals surface area contributed by atoms with Gasteiger partial charge in [-0.2, -0.15) is 0 Å². The number of hydrogen-bond acceptors (Lipinski definition) is 3. The second-order valence-corrected chi connectivity index (χ2v) is 10.8. The van der Waals surface area contributed by atoms with Crippen LogP contribution in [0, 0.1) is 0 Å². The van der Waals surface area contributed by atoms with Gasteiger partial charge in [0.25, 0.3) is 0 Å². The molecule has 5 rings (SSSR count). The lowest BCUT2D eigenvalue weighted by Crippen LogP contribution is -2.20. The Hall–Kier alpha value is -4.11. The van der Waals surface area contributed by atoms with Gasteiger partial charge in [0, 0.05) is 30.8 Å². The minimum absolute atomic E-state index is 0.123. The second kappa shape index (κ2) is 16.4. The zero-order valence-corrected chi connectivity index (χ0v) is 25.4. The third kappa shape index (κ3) is 8.69. The Morgan fingerprint density at radius 1 is 0.905 bits per heavy atom. The average Bonchev–Trinajstić information content (AvgIpc) is 2.99. The fraction of sp³-hybridized carbons (Fsp3) is 0.308. The average molecular weight is 560 g/mol. The van der Waals surface area contributed by atoms with Gasteiger partial charge in [0.15, 0.2) is 0 Å². The Bertz CT molecular complexity index is 1340. The molecule has 2 aliphatic rings. The third-order valence-electron chi connectivity index (χ3n) is 7.79. The Morgan fingerprint density at radius 3 is 2.14 bits per heavy atom. The van der Waals surface area contributed by atoms with E-state index in [1.807, 2.05) is 0 Å². The van der Waals surface area contributed by atoms with Crippen LogP contribution in [0.3, 0.4) is 0 Å². The molecule has 1 saturated carbocycles. The van der Waals surface area contributed by atoms with Crippen molar-refractivity contribution in [2.24, 2.45) is 0 Å². The number of ether oxygens (including phenoxy) is 1. The topological polar surface area (TPSA) is 29.5 Å². The number of carbonyl (C=O) groups is 1. The number of benzene rings is 3. The maximum atomic E-state index is 10.2. The first-order valence-corrected chi connectivity index (χ1v) is 15.5. The zero-order chi connectivity index (χ0) is 29.6. The Labute approximate surface area is 252 Å². The van der Waals surface area contributed by atoms with E-state index in [1.54, 1.807) is 13.8 Å². The first-order chi connectivity index (χ1) is 20.6. The minimum atomic E-state index is -0.123. The molecule has 1 aliphatic carbocycles. The molecular weight excluding hydrogens is 514 g/mol. The summed E-state index contributed by atoms with van der Waals surface area (Å²) in [5, 5.41) is 0. The monoisotopic (exact) mass is 559 g/mol. The van der Waals surface area contributed by atoms with Gasteiger partial charge in [0.1, 0.15) is 0 Å². The highest BCUT2D eigenvalue weighted by molar-refractivity contribution is 5.68. The summed E-state index contributed by atoms with van der Waals surface area (Å²) >= 11 is 0. The fourth-order valence-corrected chi connectivity index (χ4v) is 5.39. The number of nitrogens with zero attached hydrogens (tertiary/aromatic N) is 1. The Balaban J connectivity index is 0.000000517. The molecule has 0 spiro atoms. The second-order valence-electron chi connectivity index (χ2n) is 10.8. The highest BCUT2D eigenvalue weighted by atomic mass is 16.5. The van der Waals surface area contributed by atoms with E-state index in [4.69, 9.17) is 0 Å². The van der Waals surface area contributed by atoms with Crippen LogP contribution in [0.1, 0.15) is 87.0 Å². The van der Waals surface area contributed by atoms with Gasteiger partial charge in [-0.1, -0.05) is 130 Å². The van der Waals surface area contributed by atoms with Crippen molar-refractivity contribution in [1.82, 2.24) is 4.90 Å². The smallest absolute Gasteiger partial charge is 0.305 e. The molecule has 1 fully saturated rings. The van der Waals surface area contributed by atoms with E-state index in [9.17, 15) is 4.79 Å². The highest BCUT2D eigenvalue weighted by Gasteiger charge is 2.21. The van der Waals surface area contributed by atoms with Gasteiger partial charge in [-0.3, -0.25) is 4.79 Å². The van der Waals surface area contributed by atoms with Crippen LogP contribution in [0.15, 0.2) is 127 Å². The number of esters is 1. The van der Waals surface area contributed by atoms with Crippen LogP contribution in [0.2, 0.25) is 0 Å². The van der Waals surface area contributed by atoms with Crippen LogP contribution in [0.4, 0.5) is 0 Å². The predicted octanol–water partition coefficient (Wildman–Crippen LogP) is 9.81. The largest absolute Gasteiger partial charge is 0.466 e. The van der Waals surface area contributed by atoms with Gasteiger partial charge in [-0.25, -0.2) is 0 Å². The number of hydrogen-bond donors (Lipinski definition) is 0. The molecule has 0 radical (unpaired) electrons. The molecule has 218 valence electrons. The lowest BCUT2D eigenvalue weighted by Gasteiger charge is -2.29. The molecule has 1 aliphatic heterocycles. The van der Waals surface area contributed by atoms with Gasteiger partial charge < -0.3 is 9.64 Å². The quantitative estimate of drug-likeness (QED) is 0.232. The van der Waals surface area contributed by atoms with Crippen LogP contribution < -0.4 is 0 Å². The van der Waals surface area contributed by atoms with Gasteiger partial charge in [0.05, 0.1) is 6.61 Å². The first kappa shape index (κ1) is 30.8. The summed E-state index contributed by atoms with van der Waals surface area (Å²) in [5.74, 6) is 0.859. The molecule has 3 aromatic rings. The van der Waals surface area contributed by atoms with E-state index in [0.717, 1.165) is 18.9 Å². The van der Waals surface area contributed by atoms with Gasteiger partial charge in [0.2, 0.25) is 0 Å². The molecule has 42 heavy (non-hydrogen) atoms. The fourth-order valence-electron chi connectivity index (χ4n) is 5.39. The Morgan fingerprint density at radius 2 is 1.60 bits per heavy atom. The molecule has 1 heterocycles. The molecule has 0 N–H and O–H groups in total. The van der Waals surface area contributed by atoms with Crippen molar-refractivity contribution in [3.05, 3.63) is 149 Å². The van der Waals surface area contributed by atoms with Crippen molar-refractivity contribution in [2.75, 3.05) is 13.2 Å². The molecule has 0 bridgehead atoms. The molecule has 0 unspecified atom stereocenters. The number of carbonyl (C=O) groups excluding carboxylic acids is 1. The molecule has 0 saturated heterocycles. The van der Waals surface area contributed by atoms with Crippen LogP contribution in [-0.2, 0) is 9.53 Å². The summed E-state index contributed by atoms with van der Waals surface area (Å²) in [6.07, 6.45) is 19.4. The lowest BCUT2D eigenvalue weighted by molar-refractivity contribution is -0.142. The van der Waals surface area contributed by atoms with E-state index in [1.165, 1.54) is 52.8 Å². The van der Waals surface area contributed by atoms with Crippen LogP contribution in [0.25, 0.3) is 6.08 Å². The summed E-state index contributed by atoms with van der Waals surface area (Å²) in [5.41, 5.74) is 8.03. The summed E-state index contributed by atoms with van der Waals surface area (Å²) in [6, 6.07) is 30.8. The normalized spacial score (nSPS) is 15.8. The van der Waals surface area contributed by atoms with Crippen molar-refractivity contribution in [1.29, 1.82) is 0 Å². The van der Waals surface area contributed by atoms with Crippen molar-refractivity contribution >= 4 is 12.0 Å². The lowest BCUT2D eigenvalue weighted by atomic mass is 9.80. The van der Waals surface area contributed by atoms with Crippen LogP contribution in [0.5, 0.6) is 0 Å². The molecule has 3 heteroatoms. The van der Waals surface area contributed by atoms with E-state index in [-0.39, 0.29) is 11.9 Å². The molecule has 3 aromatic carbocycles. The van der Waals surface area contributed by atoms with E-state index in [2.05, 4.69) is 138 Å². The predicted molar refractivity (Wildman–Crippen MR) is 176 cm³/mol.